The third-order valence-electron chi connectivity index (χ3n) is 10.3. The van der Waals surface area contributed by atoms with Crippen molar-refractivity contribution < 1.29 is 29.2 Å². The van der Waals surface area contributed by atoms with Gasteiger partial charge in [-0.25, -0.2) is 0 Å². The van der Waals surface area contributed by atoms with Crippen molar-refractivity contribution in [2.75, 3.05) is 26.2 Å². The van der Waals surface area contributed by atoms with E-state index in [0.717, 1.165) is 40.8 Å². The predicted molar refractivity (Wildman–Crippen MR) is 217 cm³/mol. The number of nitrogens with zero attached hydrogens (tertiary/aromatic N) is 5. The number of hydrogen-bond donors (Lipinski definition) is 4. The van der Waals surface area contributed by atoms with Crippen LogP contribution in [0.2, 0.25) is 5.02 Å². The van der Waals surface area contributed by atoms with Crippen LogP contribution >= 0.6 is 11.6 Å². The number of hydrogen-bond acceptors (Lipinski definition) is 9. The molecule has 292 valence electrons. The number of likely N-dealkylation sites (tertiary alicyclic amines) is 1. The Labute approximate surface area is 335 Å². The van der Waals surface area contributed by atoms with Crippen LogP contribution in [0.1, 0.15) is 82.4 Å². The summed E-state index contributed by atoms with van der Waals surface area (Å²) in [4.78, 5) is 45.9. The third kappa shape index (κ3) is 9.09. The standard InChI is InChI=1S/C42H43BClN7O6/c1-3-45-38(52)23-36-41-49-48-26(2)51(41)37-16-15-34(22-35(37)40(47-36)29-9-13-33(44)14-10-29)57-25-39(53)46-24-27-5-4-6-31(21-27)28-17-19-50(20-18-28)42(54)30-7-11-32(12-8-30)43(55)56/h4-16,21-22,28,36,55-56H,3,17-20,23-25H2,1-2H3,(H,45,52)(H,46,53)/t36-/m0/s1. The summed E-state index contributed by atoms with van der Waals surface area (Å²) in [6.45, 7) is 5.55. The van der Waals surface area contributed by atoms with Crippen LogP contribution < -0.4 is 20.8 Å². The Hall–Kier alpha value is -5.83. The Balaban J connectivity index is 0.996. The van der Waals surface area contributed by atoms with E-state index in [1.165, 1.54) is 0 Å². The second-order valence-electron chi connectivity index (χ2n) is 14.2. The molecule has 4 aromatic carbocycles. The third-order valence-corrected chi connectivity index (χ3v) is 10.5. The van der Waals surface area contributed by atoms with Gasteiger partial charge in [-0.1, -0.05) is 60.1 Å². The molecule has 57 heavy (non-hydrogen) atoms. The van der Waals surface area contributed by atoms with Gasteiger partial charge in [-0.05, 0) is 91.7 Å². The highest BCUT2D eigenvalue weighted by Gasteiger charge is 2.30. The molecule has 0 bridgehead atoms. The number of aryl methyl sites for hydroxylation is 1. The molecule has 15 heteroatoms. The molecular formula is C42H43BClN7O6. The Morgan fingerprint density at radius 2 is 1.67 bits per heavy atom. The van der Waals surface area contributed by atoms with Crippen LogP contribution in [0.15, 0.2) is 96.0 Å². The topological polar surface area (TPSA) is 171 Å². The highest BCUT2D eigenvalue weighted by molar-refractivity contribution is 6.58. The maximum Gasteiger partial charge on any atom is 0.488 e. The zero-order valence-electron chi connectivity index (χ0n) is 31.7. The first kappa shape index (κ1) is 39.4. The molecule has 3 amide bonds. The van der Waals surface area contributed by atoms with E-state index in [2.05, 4.69) is 33.0 Å². The molecule has 2 aliphatic heterocycles. The van der Waals surface area contributed by atoms with E-state index in [1.54, 1.807) is 42.5 Å². The first-order chi connectivity index (χ1) is 27.6. The SMILES string of the molecule is CCNC(=O)C[C@@H]1N=C(c2ccc(Cl)cc2)c2cc(OCC(=O)NCc3cccc(C4CCN(C(=O)c5ccc(B(O)O)cc5)CC4)c3)ccc2-n2c(C)nnc21. The lowest BCUT2D eigenvalue weighted by atomic mass is 9.80. The van der Waals surface area contributed by atoms with E-state index >= 15 is 0 Å². The van der Waals surface area contributed by atoms with Crippen LogP contribution in [0.4, 0.5) is 0 Å². The number of halogens is 1. The van der Waals surface area contributed by atoms with E-state index in [4.69, 9.17) is 21.3 Å². The maximum absolute atomic E-state index is 13.1. The summed E-state index contributed by atoms with van der Waals surface area (Å²) in [5, 5.41) is 33.9. The van der Waals surface area contributed by atoms with Crippen LogP contribution in [0, 0.1) is 6.92 Å². The molecule has 2 aliphatic rings. The molecule has 0 aliphatic carbocycles. The van der Waals surface area contributed by atoms with E-state index in [9.17, 15) is 24.4 Å². The molecule has 5 aromatic rings. The van der Waals surface area contributed by atoms with Crippen molar-refractivity contribution in [2.45, 2.75) is 51.6 Å². The molecule has 0 unspecified atom stereocenters. The van der Waals surface area contributed by atoms with Gasteiger partial charge in [-0.2, -0.15) is 0 Å². The maximum atomic E-state index is 13.1. The molecule has 1 atom stereocenters. The van der Waals surface area contributed by atoms with Crippen molar-refractivity contribution in [3.63, 3.8) is 0 Å². The van der Waals surface area contributed by atoms with Gasteiger partial charge < -0.3 is 30.3 Å². The molecular weight excluding hydrogens is 745 g/mol. The number of carbonyl (C=O) groups excluding carboxylic acids is 3. The van der Waals surface area contributed by atoms with Gasteiger partial charge in [0, 0.05) is 47.9 Å². The van der Waals surface area contributed by atoms with Crippen LogP contribution in [0.25, 0.3) is 5.69 Å². The summed E-state index contributed by atoms with van der Waals surface area (Å²) in [6, 6.07) is 26.7. The van der Waals surface area contributed by atoms with Gasteiger partial charge >= 0.3 is 7.12 Å². The van der Waals surface area contributed by atoms with Crippen molar-refractivity contribution in [3.8, 4) is 11.4 Å². The summed E-state index contributed by atoms with van der Waals surface area (Å²) in [5.74, 6) is 1.42. The number of ether oxygens (including phenoxy) is 1. The van der Waals surface area contributed by atoms with Crippen LogP contribution in [0.3, 0.4) is 0 Å². The number of aromatic nitrogens is 3. The van der Waals surface area contributed by atoms with Gasteiger partial charge in [-0.3, -0.25) is 23.9 Å². The van der Waals surface area contributed by atoms with Crippen molar-refractivity contribution in [2.24, 2.45) is 4.99 Å². The molecule has 0 radical (unpaired) electrons. The van der Waals surface area contributed by atoms with Gasteiger partial charge in [0.05, 0.1) is 17.8 Å². The smallest absolute Gasteiger partial charge is 0.484 e. The molecule has 1 aromatic heterocycles. The molecule has 1 saturated heterocycles. The quantitative estimate of drug-likeness (QED) is 0.137. The summed E-state index contributed by atoms with van der Waals surface area (Å²) < 4.78 is 7.95. The fourth-order valence-corrected chi connectivity index (χ4v) is 7.46. The van der Waals surface area contributed by atoms with Crippen molar-refractivity contribution >= 4 is 47.6 Å². The van der Waals surface area contributed by atoms with Gasteiger partial charge in [0.15, 0.2) is 12.4 Å². The first-order valence-corrected chi connectivity index (χ1v) is 19.4. The average molecular weight is 788 g/mol. The Morgan fingerprint density at radius 3 is 2.39 bits per heavy atom. The van der Waals surface area contributed by atoms with Gasteiger partial charge in [0.25, 0.3) is 11.8 Å². The van der Waals surface area contributed by atoms with Gasteiger partial charge in [-0.15, -0.1) is 10.2 Å². The Bertz CT molecular complexity index is 2290. The monoisotopic (exact) mass is 787 g/mol. The van der Waals surface area contributed by atoms with Crippen molar-refractivity contribution in [3.05, 3.63) is 135 Å². The first-order valence-electron chi connectivity index (χ1n) is 19.0. The number of amides is 3. The van der Waals surface area contributed by atoms with Crippen LogP contribution in [0.5, 0.6) is 5.75 Å². The fourth-order valence-electron chi connectivity index (χ4n) is 7.34. The Morgan fingerprint density at radius 1 is 0.912 bits per heavy atom. The second kappa shape index (κ2) is 17.5. The van der Waals surface area contributed by atoms with Crippen molar-refractivity contribution in [1.82, 2.24) is 30.3 Å². The fraction of sp³-hybridized carbons (Fsp3) is 0.286. The molecule has 13 nitrogen and oxygen atoms in total. The number of piperidine rings is 1. The van der Waals surface area contributed by atoms with E-state index in [0.29, 0.717) is 65.3 Å². The molecule has 3 heterocycles. The average Bonchev–Trinajstić information content (AvgIpc) is 3.55. The molecule has 7 rings (SSSR count). The summed E-state index contributed by atoms with van der Waals surface area (Å²) in [7, 11) is -1.57. The minimum atomic E-state index is -1.57. The summed E-state index contributed by atoms with van der Waals surface area (Å²) in [5.41, 5.74) is 5.89. The number of fused-ring (bicyclic) bond motifs is 3. The molecule has 0 spiro atoms. The van der Waals surface area contributed by atoms with Crippen molar-refractivity contribution in [1.29, 1.82) is 0 Å². The highest BCUT2D eigenvalue weighted by atomic mass is 35.5. The van der Waals surface area contributed by atoms with E-state index in [-0.39, 0.29) is 36.7 Å². The highest BCUT2D eigenvalue weighted by Crippen LogP contribution is 2.35. The van der Waals surface area contributed by atoms with Gasteiger partial charge in [0.2, 0.25) is 5.91 Å². The lowest BCUT2D eigenvalue weighted by molar-refractivity contribution is -0.123. The minimum Gasteiger partial charge on any atom is -0.484 e. The number of aliphatic imine (C=N–C) groups is 1. The zero-order valence-corrected chi connectivity index (χ0v) is 32.4. The molecule has 4 N–H and O–H groups in total. The normalized spacial score (nSPS) is 15.1. The van der Waals surface area contributed by atoms with Crippen LogP contribution in [-0.2, 0) is 16.1 Å². The summed E-state index contributed by atoms with van der Waals surface area (Å²) >= 11 is 6.24. The second-order valence-corrected chi connectivity index (χ2v) is 14.6. The number of benzene rings is 4. The zero-order chi connectivity index (χ0) is 40.1. The largest absolute Gasteiger partial charge is 0.488 e. The number of carbonyl (C=O) groups is 3. The van der Waals surface area contributed by atoms with Gasteiger partial charge in [0.1, 0.15) is 17.6 Å². The number of rotatable bonds is 12. The predicted octanol–water partition coefficient (Wildman–Crippen LogP) is 4.04. The minimum absolute atomic E-state index is 0.0752. The molecule has 0 saturated carbocycles. The van der Waals surface area contributed by atoms with E-state index < -0.39 is 13.2 Å². The van der Waals surface area contributed by atoms with E-state index in [1.807, 2.05) is 59.7 Å². The lowest BCUT2D eigenvalue weighted by Crippen LogP contribution is -2.38. The Kier molecular flexibility index (Phi) is 12.1. The molecule has 1 fully saturated rings. The summed E-state index contributed by atoms with van der Waals surface area (Å²) in [6.07, 6.45) is 1.70. The number of nitrogens with one attached hydrogen (secondary N) is 2. The van der Waals surface area contributed by atoms with Crippen LogP contribution in [-0.4, -0.2) is 86.5 Å². The lowest BCUT2D eigenvalue weighted by Gasteiger charge is -2.32.